The molecule has 0 fully saturated rings. The van der Waals surface area contributed by atoms with E-state index in [0.29, 0.717) is 0 Å². The van der Waals surface area contributed by atoms with E-state index >= 15 is 0 Å². The largest absolute Gasteiger partial charge is 0.247 e. The Morgan fingerprint density at radius 2 is 0.862 bits per heavy atom. The smallest absolute Gasteiger partial charge is 0.0788 e. The third-order valence-corrected chi connectivity index (χ3v) is 14.0. The van der Waals surface area contributed by atoms with E-state index in [2.05, 4.69) is 200 Å². The molecule has 0 amide bonds. The summed E-state index contributed by atoms with van der Waals surface area (Å²) in [5.74, 6) is 0. The molecule has 11 aromatic rings. The molecule has 2 heteroatoms. The maximum atomic E-state index is 5.25. The van der Waals surface area contributed by atoms with E-state index in [1.54, 1.807) is 0 Å². The Hall–Kier alpha value is -7.13. The summed E-state index contributed by atoms with van der Waals surface area (Å²) >= 11 is 1.88. The van der Waals surface area contributed by atoms with Crippen molar-refractivity contribution in [1.82, 2.24) is 4.98 Å². The molecule has 1 spiro atoms. The van der Waals surface area contributed by atoms with Crippen LogP contribution >= 0.6 is 11.3 Å². The van der Waals surface area contributed by atoms with E-state index in [1.165, 1.54) is 103 Å². The quantitative estimate of drug-likeness (QED) is 0.164. The van der Waals surface area contributed by atoms with Crippen LogP contribution in [0.2, 0.25) is 0 Å². The van der Waals surface area contributed by atoms with Gasteiger partial charge in [-0.2, -0.15) is 0 Å². The highest BCUT2D eigenvalue weighted by molar-refractivity contribution is 7.26. The molecule has 9 aromatic carbocycles. The number of rotatable bonds is 3. The van der Waals surface area contributed by atoms with Crippen molar-refractivity contribution in [3.8, 4) is 55.8 Å². The monoisotopic (exact) mass is 751 g/mol. The summed E-state index contributed by atoms with van der Waals surface area (Å²) in [4.78, 5) is 5.25. The lowest BCUT2D eigenvalue weighted by molar-refractivity contribution is 0.794. The Kier molecular flexibility index (Phi) is 6.59. The molecule has 2 aromatic heterocycles. The van der Waals surface area contributed by atoms with Gasteiger partial charge in [-0.1, -0.05) is 170 Å². The minimum Gasteiger partial charge on any atom is -0.247 e. The highest BCUT2D eigenvalue weighted by Crippen LogP contribution is 2.63. The fraction of sp³-hybridized carbons (Fsp3) is 0.0179. The molecule has 58 heavy (non-hydrogen) atoms. The van der Waals surface area contributed by atoms with Gasteiger partial charge in [0.2, 0.25) is 0 Å². The highest BCUT2D eigenvalue weighted by Gasteiger charge is 2.51. The molecule has 13 rings (SSSR count). The fourth-order valence-corrected chi connectivity index (χ4v) is 11.6. The zero-order valence-electron chi connectivity index (χ0n) is 31.4. The van der Waals surface area contributed by atoms with E-state index in [1.807, 2.05) is 11.3 Å². The SMILES string of the molecule is c1ccc(-c2nc3ccccc3c3c2ccc2sc4ccc(-c5ccccc5-c5ccc6c(c5)C5(c7ccccc7-c7ccccc75)c5ccccc5-6)cc4c23)cc1. The number of thiophene rings is 1. The van der Waals surface area contributed by atoms with Gasteiger partial charge in [-0.05, 0) is 97.1 Å². The Labute approximate surface area is 340 Å². The van der Waals surface area contributed by atoms with Crippen LogP contribution in [-0.4, -0.2) is 4.98 Å². The van der Waals surface area contributed by atoms with Gasteiger partial charge in [0.1, 0.15) is 0 Å². The van der Waals surface area contributed by atoms with Crippen LogP contribution in [0.25, 0.3) is 97.6 Å². The molecule has 2 aliphatic rings. The van der Waals surface area contributed by atoms with Crippen molar-refractivity contribution < 1.29 is 0 Å². The minimum atomic E-state index is -0.379. The maximum absolute atomic E-state index is 5.25. The van der Waals surface area contributed by atoms with Crippen LogP contribution in [0.1, 0.15) is 22.3 Å². The van der Waals surface area contributed by atoms with Crippen molar-refractivity contribution in [1.29, 1.82) is 0 Å². The first-order valence-electron chi connectivity index (χ1n) is 20.0. The standard InChI is InChI=1S/C56H33NS/c1-2-14-34(15-3-1)55-44-29-31-52-54(53(44)43-21-9-13-25-50(43)57-55)45-32-35(27-30-51(45)58-52)37-16-4-5-17-38(37)36-26-28-42-41-20-8-12-24-48(41)56(49(42)33-36)46-22-10-6-18-39(46)40-19-7-11-23-47(40)56/h1-33H. The summed E-state index contributed by atoms with van der Waals surface area (Å²) in [6, 6.07) is 74.3. The minimum absolute atomic E-state index is 0.379. The Morgan fingerprint density at radius 3 is 1.55 bits per heavy atom. The van der Waals surface area contributed by atoms with Crippen LogP contribution in [-0.2, 0) is 5.41 Å². The van der Waals surface area contributed by atoms with Crippen LogP contribution < -0.4 is 0 Å². The Morgan fingerprint density at radius 1 is 0.328 bits per heavy atom. The van der Waals surface area contributed by atoms with Gasteiger partial charge in [0.05, 0.1) is 16.6 Å². The lowest BCUT2D eigenvalue weighted by atomic mass is 9.70. The van der Waals surface area contributed by atoms with Gasteiger partial charge in [-0.25, -0.2) is 4.98 Å². The summed E-state index contributed by atoms with van der Waals surface area (Å²) in [6.07, 6.45) is 0. The molecular weight excluding hydrogens is 719 g/mol. The number of fused-ring (bicyclic) bond motifs is 17. The molecule has 0 radical (unpaired) electrons. The van der Waals surface area contributed by atoms with Crippen LogP contribution in [0.4, 0.5) is 0 Å². The summed E-state index contributed by atoms with van der Waals surface area (Å²) in [7, 11) is 0. The summed E-state index contributed by atoms with van der Waals surface area (Å²) in [6.45, 7) is 0. The molecule has 268 valence electrons. The topological polar surface area (TPSA) is 12.9 Å². The molecule has 0 unspecified atom stereocenters. The van der Waals surface area contributed by atoms with Gasteiger partial charge in [0, 0.05) is 41.9 Å². The van der Waals surface area contributed by atoms with Crippen molar-refractivity contribution in [3.63, 3.8) is 0 Å². The zero-order valence-corrected chi connectivity index (χ0v) is 32.2. The molecule has 0 saturated carbocycles. The molecule has 2 heterocycles. The second-order valence-corrected chi connectivity index (χ2v) is 16.8. The third kappa shape index (κ3) is 4.22. The summed E-state index contributed by atoms with van der Waals surface area (Å²) < 4.78 is 2.59. The predicted molar refractivity (Wildman–Crippen MR) is 245 cm³/mol. The molecule has 1 nitrogen and oxygen atoms in total. The average molecular weight is 752 g/mol. The van der Waals surface area contributed by atoms with Crippen molar-refractivity contribution in [3.05, 3.63) is 222 Å². The fourth-order valence-electron chi connectivity index (χ4n) is 10.5. The predicted octanol–water partition coefficient (Wildman–Crippen LogP) is 15.1. The molecule has 0 aliphatic heterocycles. The van der Waals surface area contributed by atoms with Crippen molar-refractivity contribution in [2.75, 3.05) is 0 Å². The first kappa shape index (κ1) is 32.0. The van der Waals surface area contributed by atoms with Crippen LogP contribution in [0.5, 0.6) is 0 Å². The number of benzene rings is 9. The molecule has 2 aliphatic carbocycles. The summed E-state index contributed by atoms with van der Waals surface area (Å²) in [5.41, 5.74) is 18.5. The lowest BCUT2D eigenvalue weighted by Crippen LogP contribution is -2.25. The van der Waals surface area contributed by atoms with Crippen molar-refractivity contribution in [2.24, 2.45) is 0 Å². The van der Waals surface area contributed by atoms with E-state index in [9.17, 15) is 0 Å². The highest BCUT2D eigenvalue weighted by atomic mass is 32.1. The van der Waals surface area contributed by atoms with Crippen LogP contribution in [0, 0.1) is 0 Å². The first-order chi connectivity index (χ1) is 28.8. The number of pyridine rings is 1. The number of aromatic nitrogens is 1. The number of hydrogen-bond acceptors (Lipinski definition) is 2. The summed E-state index contributed by atoms with van der Waals surface area (Å²) in [5, 5.41) is 6.25. The van der Waals surface area contributed by atoms with E-state index in [0.717, 1.165) is 16.8 Å². The number of para-hydroxylation sites is 1. The van der Waals surface area contributed by atoms with Gasteiger partial charge in [-0.3, -0.25) is 0 Å². The third-order valence-electron chi connectivity index (χ3n) is 12.9. The number of hydrogen-bond donors (Lipinski definition) is 0. The average Bonchev–Trinajstić information content (AvgIpc) is 3.92. The van der Waals surface area contributed by atoms with E-state index < -0.39 is 0 Å². The second kappa shape index (κ2) is 11.9. The first-order valence-corrected chi connectivity index (χ1v) is 20.9. The molecule has 0 bridgehead atoms. The van der Waals surface area contributed by atoms with Gasteiger partial charge >= 0.3 is 0 Å². The molecular formula is C56H33NS. The maximum Gasteiger partial charge on any atom is 0.0788 e. The number of nitrogens with zero attached hydrogens (tertiary/aromatic N) is 1. The van der Waals surface area contributed by atoms with Crippen LogP contribution in [0.15, 0.2) is 200 Å². The van der Waals surface area contributed by atoms with Gasteiger partial charge in [0.15, 0.2) is 0 Å². The van der Waals surface area contributed by atoms with Gasteiger partial charge in [0.25, 0.3) is 0 Å². The second-order valence-electron chi connectivity index (χ2n) is 15.7. The van der Waals surface area contributed by atoms with Gasteiger partial charge in [-0.15, -0.1) is 11.3 Å². The molecule has 0 saturated heterocycles. The van der Waals surface area contributed by atoms with Crippen LogP contribution in [0.3, 0.4) is 0 Å². The Balaban J connectivity index is 1.04. The van der Waals surface area contributed by atoms with E-state index in [-0.39, 0.29) is 5.41 Å². The van der Waals surface area contributed by atoms with E-state index in [4.69, 9.17) is 4.98 Å². The molecule has 0 atom stereocenters. The Bertz CT molecular complexity index is 3450. The van der Waals surface area contributed by atoms with Crippen molar-refractivity contribution >= 4 is 53.2 Å². The van der Waals surface area contributed by atoms with Crippen molar-refractivity contribution in [2.45, 2.75) is 5.41 Å². The molecule has 0 N–H and O–H groups in total. The van der Waals surface area contributed by atoms with Gasteiger partial charge < -0.3 is 0 Å². The normalized spacial score (nSPS) is 13.3. The zero-order chi connectivity index (χ0) is 38.0. The lowest BCUT2D eigenvalue weighted by Gasteiger charge is -2.30.